The first-order chi connectivity index (χ1) is 14.5. The van der Waals surface area contributed by atoms with E-state index in [1.54, 1.807) is 0 Å². The maximum atomic E-state index is 13.3. The van der Waals surface area contributed by atoms with E-state index in [4.69, 9.17) is 0 Å². The highest BCUT2D eigenvalue weighted by Crippen LogP contribution is 2.36. The zero-order chi connectivity index (χ0) is 21.3. The summed E-state index contributed by atoms with van der Waals surface area (Å²) in [4.78, 5) is 27.7. The number of carbonyl (C=O) groups excluding carboxylic acids is 2. The quantitative estimate of drug-likeness (QED) is 0.591. The van der Waals surface area contributed by atoms with Crippen LogP contribution in [0.2, 0.25) is 0 Å². The van der Waals surface area contributed by atoms with Crippen molar-refractivity contribution in [3.8, 4) is 0 Å². The van der Waals surface area contributed by atoms with E-state index in [9.17, 15) is 19.1 Å². The number of carbonyl (C=O) groups is 2. The second kappa shape index (κ2) is 8.45. The van der Waals surface area contributed by atoms with Gasteiger partial charge in [0.1, 0.15) is 5.82 Å². The minimum Gasteiger partial charge on any atom is -0.396 e. The van der Waals surface area contributed by atoms with Crippen molar-refractivity contribution in [2.45, 2.75) is 6.42 Å². The van der Waals surface area contributed by atoms with E-state index in [1.807, 2.05) is 42.1 Å². The molecule has 30 heavy (non-hydrogen) atoms. The van der Waals surface area contributed by atoms with Crippen molar-refractivity contribution in [1.29, 1.82) is 0 Å². The molecule has 0 spiro atoms. The molecule has 2 amide bonds. The highest BCUT2D eigenvalue weighted by molar-refractivity contribution is 8.04. The van der Waals surface area contributed by atoms with Gasteiger partial charge in [-0.25, -0.2) is 4.39 Å². The van der Waals surface area contributed by atoms with Crippen molar-refractivity contribution in [3.05, 3.63) is 76.6 Å². The summed E-state index contributed by atoms with van der Waals surface area (Å²) in [5.41, 5.74) is 2.93. The molecule has 0 radical (unpaired) electrons. The summed E-state index contributed by atoms with van der Waals surface area (Å²) in [5, 5.41) is 10.3. The van der Waals surface area contributed by atoms with Gasteiger partial charge in [-0.15, -0.1) is 11.8 Å². The third-order valence-electron chi connectivity index (χ3n) is 5.18. The van der Waals surface area contributed by atoms with Gasteiger partial charge in [-0.05, 0) is 35.7 Å². The number of para-hydroxylation sites is 1. The van der Waals surface area contributed by atoms with Crippen molar-refractivity contribution in [2.75, 3.05) is 18.9 Å². The van der Waals surface area contributed by atoms with Gasteiger partial charge in [0, 0.05) is 36.4 Å². The molecule has 0 fully saturated rings. The molecule has 2 heterocycles. The zero-order valence-electron chi connectivity index (χ0n) is 16.5. The average Bonchev–Trinajstić information content (AvgIpc) is 3.19. The molecule has 1 aliphatic heterocycles. The summed E-state index contributed by atoms with van der Waals surface area (Å²) >= 11 is 1.15. The molecule has 2 aromatic carbocycles. The molecule has 1 aliphatic rings. The fourth-order valence-corrected chi connectivity index (χ4v) is 4.65. The van der Waals surface area contributed by atoms with Gasteiger partial charge in [0.05, 0.1) is 17.1 Å². The van der Waals surface area contributed by atoms with Gasteiger partial charge in [-0.3, -0.25) is 14.5 Å². The Balaban J connectivity index is 1.61. The summed E-state index contributed by atoms with van der Waals surface area (Å²) in [5.74, 6) is -0.852. The van der Waals surface area contributed by atoms with E-state index in [0.717, 1.165) is 28.2 Å². The number of rotatable bonds is 7. The Hall–Kier alpha value is -2.90. The van der Waals surface area contributed by atoms with E-state index < -0.39 is 5.82 Å². The lowest BCUT2D eigenvalue weighted by atomic mass is 10.1. The first kappa shape index (κ1) is 20.4. The second-order valence-electron chi connectivity index (χ2n) is 7.08. The summed E-state index contributed by atoms with van der Waals surface area (Å²) < 4.78 is 15.4. The summed E-state index contributed by atoms with van der Waals surface area (Å²) in [6.45, 7) is 0.141. The van der Waals surface area contributed by atoms with Gasteiger partial charge in [-0.1, -0.05) is 30.3 Å². The normalized spacial score (nSPS) is 14.4. The number of amides is 2. The fraction of sp³-hybridized carbons (Fsp3) is 0.217. The molecular weight excluding hydrogens is 403 g/mol. The first-order valence-electron chi connectivity index (χ1n) is 9.64. The standard InChI is InChI=1S/C23H21FN2O3S/c1-25-14-16(18-4-2-3-5-19(18)25)10-11-26-22(28)20(15-6-8-17(24)9-7-15)21(23(26)29)30-13-12-27/h2-9,14,27H,10-13H2,1H3. The highest BCUT2D eigenvalue weighted by Gasteiger charge is 2.38. The molecular formula is C23H21FN2O3S. The van der Waals surface area contributed by atoms with Crippen molar-refractivity contribution in [2.24, 2.45) is 7.05 Å². The number of aliphatic hydroxyl groups is 1. The Bertz CT molecular complexity index is 1150. The van der Waals surface area contributed by atoms with E-state index in [0.29, 0.717) is 22.6 Å². The number of aryl methyl sites for hydroxylation is 1. The molecule has 0 bridgehead atoms. The number of hydrogen-bond donors (Lipinski definition) is 1. The monoisotopic (exact) mass is 424 g/mol. The molecule has 0 aliphatic carbocycles. The molecule has 3 aromatic rings. The van der Waals surface area contributed by atoms with Crippen LogP contribution in [0.1, 0.15) is 11.1 Å². The van der Waals surface area contributed by atoms with E-state index in [2.05, 4.69) is 0 Å². The van der Waals surface area contributed by atoms with Gasteiger partial charge < -0.3 is 9.67 Å². The number of aromatic nitrogens is 1. The predicted molar refractivity (Wildman–Crippen MR) is 116 cm³/mol. The van der Waals surface area contributed by atoms with Crippen molar-refractivity contribution >= 4 is 40.1 Å². The Morgan fingerprint density at radius 1 is 1.03 bits per heavy atom. The Kier molecular flexibility index (Phi) is 5.74. The summed E-state index contributed by atoms with van der Waals surface area (Å²) in [7, 11) is 1.97. The number of aliphatic hydroxyl groups excluding tert-OH is 1. The van der Waals surface area contributed by atoms with Crippen molar-refractivity contribution in [1.82, 2.24) is 9.47 Å². The number of nitrogens with zero attached hydrogens (tertiary/aromatic N) is 2. The molecule has 1 aromatic heterocycles. The number of fused-ring (bicyclic) bond motifs is 1. The van der Waals surface area contributed by atoms with E-state index >= 15 is 0 Å². The Labute approximate surface area is 177 Å². The molecule has 0 saturated heterocycles. The Morgan fingerprint density at radius 3 is 2.50 bits per heavy atom. The zero-order valence-corrected chi connectivity index (χ0v) is 17.3. The topological polar surface area (TPSA) is 62.5 Å². The minimum atomic E-state index is -0.409. The molecule has 0 saturated carbocycles. The lowest BCUT2D eigenvalue weighted by Crippen LogP contribution is -2.33. The van der Waals surface area contributed by atoms with Crippen LogP contribution < -0.4 is 0 Å². The number of thioether (sulfide) groups is 1. The van der Waals surface area contributed by atoms with Gasteiger partial charge >= 0.3 is 0 Å². The van der Waals surface area contributed by atoms with Crippen molar-refractivity contribution in [3.63, 3.8) is 0 Å². The maximum Gasteiger partial charge on any atom is 0.267 e. The molecule has 5 nitrogen and oxygen atoms in total. The summed E-state index contributed by atoms with van der Waals surface area (Å²) in [6, 6.07) is 13.6. The van der Waals surface area contributed by atoms with Crippen LogP contribution in [0, 0.1) is 5.82 Å². The minimum absolute atomic E-state index is 0.109. The van der Waals surface area contributed by atoms with Gasteiger partial charge in [0.25, 0.3) is 11.8 Å². The third kappa shape index (κ3) is 3.66. The highest BCUT2D eigenvalue weighted by atomic mass is 32.2. The molecule has 154 valence electrons. The van der Waals surface area contributed by atoms with Crippen LogP contribution in [0.5, 0.6) is 0 Å². The lowest BCUT2D eigenvalue weighted by Gasteiger charge is -2.15. The average molecular weight is 424 g/mol. The molecule has 4 rings (SSSR count). The molecule has 0 atom stereocenters. The number of benzene rings is 2. The lowest BCUT2D eigenvalue weighted by molar-refractivity contribution is -0.136. The van der Waals surface area contributed by atoms with Crippen molar-refractivity contribution < 1.29 is 19.1 Å². The van der Waals surface area contributed by atoms with E-state index in [-0.39, 0.29) is 30.5 Å². The van der Waals surface area contributed by atoms with Gasteiger partial charge in [0.15, 0.2) is 0 Å². The van der Waals surface area contributed by atoms with Crippen LogP contribution in [0.15, 0.2) is 59.6 Å². The van der Waals surface area contributed by atoms with Crippen LogP contribution in [0.4, 0.5) is 4.39 Å². The van der Waals surface area contributed by atoms with Crippen LogP contribution in [-0.2, 0) is 23.1 Å². The SMILES string of the molecule is Cn1cc(CCN2C(=O)C(SCCO)=C(c3ccc(F)cc3)C2=O)c2ccccc21. The largest absolute Gasteiger partial charge is 0.396 e. The summed E-state index contributed by atoms with van der Waals surface area (Å²) in [6.07, 6.45) is 2.55. The molecule has 0 unspecified atom stereocenters. The van der Waals surface area contributed by atoms with Crippen LogP contribution in [-0.4, -0.2) is 45.3 Å². The second-order valence-corrected chi connectivity index (χ2v) is 8.18. The van der Waals surface area contributed by atoms with Gasteiger partial charge in [0.2, 0.25) is 0 Å². The van der Waals surface area contributed by atoms with Crippen LogP contribution in [0.3, 0.4) is 0 Å². The predicted octanol–water partition coefficient (Wildman–Crippen LogP) is 3.37. The van der Waals surface area contributed by atoms with E-state index in [1.165, 1.54) is 29.2 Å². The number of halogens is 1. The fourth-order valence-electron chi connectivity index (χ4n) is 3.77. The maximum absolute atomic E-state index is 13.3. The molecule has 1 N–H and O–H groups in total. The van der Waals surface area contributed by atoms with Crippen LogP contribution >= 0.6 is 11.8 Å². The smallest absolute Gasteiger partial charge is 0.267 e. The first-order valence-corrected chi connectivity index (χ1v) is 10.6. The Morgan fingerprint density at radius 2 is 1.77 bits per heavy atom. The van der Waals surface area contributed by atoms with Crippen LogP contribution in [0.25, 0.3) is 16.5 Å². The molecule has 7 heteroatoms. The third-order valence-corrected chi connectivity index (χ3v) is 6.23. The number of imide groups is 1. The number of hydrogen-bond acceptors (Lipinski definition) is 4. The van der Waals surface area contributed by atoms with Gasteiger partial charge in [-0.2, -0.15) is 0 Å².